The summed E-state index contributed by atoms with van der Waals surface area (Å²) in [5.74, 6) is -0.666. The molecule has 0 bridgehead atoms. The molecule has 0 saturated carbocycles. The fourth-order valence-electron chi connectivity index (χ4n) is 2.73. The molecule has 1 N–H and O–H groups in total. The van der Waals surface area contributed by atoms with E-state index >= 15 is 0 Å². The number of amides is 1. The van der Waals surface area contributed by atoms with Crippen LogP contribution in [0.5, 0.6) is 0 Å². The second-order valence-electron chi connectivity index (χ2n) is 6.61. The van der Waals surface area contributed by atoms with Crippen LogP contribution in [0, 0.1) is 0 Å². The van der Waals surface area contributed by atoms with E-state index in [9.17, 15) is 35.9 Å². The Balaban J connectivity index is 1.76. The van der Waals surface area contributed by atoms with Crippen molar-refractivity contribution < 1.29 is 31.1 Å². The average Bonchev–Trinajstić information content (AvgIpc) is 2.69. The Bertz CT molecular complexity index is 1130. The summed E-state index contributed by atoms with van der Waals surface area (Å²) in [4.78, 5) is 24.5. The van der Waals surface area contributed by atoms with Gasteiger partial charge in [0.05, 0.1) is 23.2 Å². The largest absolute Gasteiger partial charge is 0.416 e. The lowest BCUT2D eigenvalue weighted by atomic mass is 10.1. The van der Waals surface area contributed by atoms with Crippen molar-refractivity contribution in [2.24, 2.45) is 0 Å². The van der Waals surface area contributed by atoms with E-state index in [2.05, 4.69) is 5.32 Å². The Hall–Kier alpha value is -3.56. The Morgan fingerprint density at radius 3 is 1.81 bits per heavy atom. The number of carbonyl (C=O) groups is 1. The van der Waals surface area contributed by atoms with E-state index in [0.717, 1.165) is 47.0 Å². The van der Waals surface area contributed by atoms with E-state index < -0.39 is 34.9 Å². The number of alkyl halides is 6. The maximum Gasteiger partial charge on any atom is 0.416 e. The lowest BCUT2D eigenvalue weighted by Gasteiger charge is -2.11. The molecule has 0 aliphatic heterocycles. The molecule has 1 amide bonds. The maximum atomic E-state index is 12.7. The molecule has 0 saturated heterocycles. The van der Waals surface area contributed by atoms with Crippen LogP contribution >= 0.6 is 0 Å². The summed E-state index contributed by atoms with van der Waals surface area (Å²) < 4.78 is 77.0. The molecule has 31 heavy (non-hydrogen) atoms. The van der Waals surface area contributed by atoms with Gasteiger partial charge in [0, 0.05) is 18.0 Å². The highest BCUT2D eigenvalue weighted by atomic mass is 19.4. The van der Waals surface area contributed by atoms with Crippen LogP contribution in [0.15, 0.2) is 71.7 Å². The number of benzene rings is 2. The summed E-state index contributed by atoms with van der Waals surface area (Å²) in [7, 11) is 0. The molecule has 0 fully saturated rings. The zero-order valence-corrected chi connectivity index (χ0v) is 15.6. The SMILES string of the molecule is O=C(Nc1ccc(C(F)(F)F)cc1)c1ccc(=O)n(Cc2ccc(C(F)(F)F)cc2)c1. The van der Waals surface area contributed by atoms with Gasteiger partial charge in [0.1, 0.15) is 0 Å². The third-order valence-corrected chi connectivity index (χ3v) is 4.35. The zero-order valence-electron chi connectivity index (χ0n) is 15.6. The van der Waals surface area contributed by atoms with E-state index in [-0.39, 0.29) is 17.8 Å². The number of anilines is 1. The molecule has 1 aromatic heterocycles. The maximum absolute atomic E-state index is 12.7. The summed E-state index contributed by atoms with van der Waals surface area (Å²) in [6, 6.07) is 10.4. The highest BCUT2D eigenvalue weighted by Gasteiger charge is 2.30. The first-order valence-electron chi connectivity index (χ1n) is 8.79. The van der Waals surface area contributed by atoms with Crippen molar-refractivity contribution in [2.75, 3.05) is 5.32 Å². The first-order chi connectivity index (χ1) is 14.4. The van der Waals surface area contributed by atoms with Crippen molar-refractivity contribution in [3.05, 3.63) is 99.5 Å². The van der Waals surface area contributed by atoms with Gasteiger partial charge in [-0.3, -0.25) is 9.59 Å². The molecule has 4 nitrogen and oxygen atoms in total. The minimum Gasteiger partial charge on any atom is -0.322 e. The Kier molecular flexibility index (Phi) is 5.92. The van der Waals surface area contributed by atoms with Gasteiger partial charge in [0.25, 0.3) is 11.5 Å². The van der Waals surface area contributed by atoms with Crippen molar-refractivity contribution in [1.29, 1.82) is 0 Å². The lowest BCUT2D eigenvalue weighted by molar-refractivity contribution is -0.138. The molecule has 0 aliphatic carbocycles. The number of hydrogen-bond acceptors (Lipinski definition) is 2. The Morgan fingerprint density at radius 1 is 0.774 bits per heavy atom. The first-order valence-corrected chi connectivity index (χ1v) is 8.79. The zero-order chi connectivity index (χ0) is 22.8. The van der Waals surface area contributed by atoms with Gasteiger partial charge in [0.15, 0.2) is 0 Å². The normalized spacial score (nSPS) is 11.9. The smallest absolute Gasteiger partial charge is 0.322 e. The number of aromatic nitrogens is 1. The summed E-state index contributed by atoms with van der Waals surface area (Å²) in [6.07, 6.45) is -7.76. The fraction of sp³-hybridized carbons (Fsp3) is 0.143. The second-order valence-corrected chi connectivity index (χ2v) is 6.61. The van der Waals surface area contributed by atoms with E-state index in [0.29, 0.717) is 5.56 Å². The van der Waals surface area contributed by atoms with Crippen LogP contribution < -0.4 is 10.9 Å². The van der Waals surface area contributed by atoms with Crippen LogP contribution in [-0.4, -0.2) is 10.5 Å². The van der Waals surface area contributed by atoms with Gasteiger partial charge in [0.2, 0.25) is 0 Å². The molecular formula is C21H14F6N2O2. The van der Waals surface area contributed by atoms with Crippen molar-refractivity contribution in [3.63, 3.8) is 0 Å². The van der Waals surface area contributed by atoms with Gasteiger partial charge in [-0.1, -0.05) is 12.1 Å². The number of rotatable bonds is 4. The number of carbonyl (C=O) groups excluding carboxylic acids is 1. The Morgan fingerprint density at radius 2 is 1.29 bits per heavy atom. The van der Waals surface area contributed by atoms with Gasteiger partial charge in [-0.05, 0) is 48.0 Å². The third-order valence-electron chi connectivity index (χ3n) is 4.35. The van der Waals surface area contributed by atoms with Crippen molar-refractivity contribution >= 4 is 11.6 Å². The van der Waals surface area contributed by atoms with E-state index in [1.54, 1.807) is 0 Å². The topological polar surface area (TPSA) is 51.1 Å². The molecule has 0 atom stereocenters. The number of pyridine rings is 1. The van der Waals surface area contributed by atoms with Crippen molar-refractivity contribution in [2.45, 2.75) is 18.9 Å². The molecular weight excluding hydrogens is 426 g/mol. The van der Waals surface area contributed by atoms with Gasteiger partial charge < -0.3 is 9.88 Å². The van der Waals surface area contributed by atoms with Crippen LogP contribution in [0.2, 0.25) is 0 Å². The molecule has 0 aliphatic rings. The quantitative estimate of drug-likeness (QED) is 0.568. The van der Waals surface area contributed by atoms with Crippen LogP contribution in [0.25, 0.3) is 0 Å². The number of halogens is 6. The molecule has 162 valence electrons. The first kappa shape index (κ1) is 22.1. The highest BCUT2D eigenvalue weighted by molar-refractivity contribution is 6.04. The Labute approximate surface area is 171 Å². The third kappa shape index (κ3) is 5.53. The molecule has 0 radical (unpaired) electrons. The van der Waals surface area contributed by atoms with E-state index in [4.69, 9.17) is 0 Å². The van der Waals surface area contributed by atoms with E-state index in [1.165, 1.54) is 24.4 Å². The van der Waals surface area contributed by atoms with Gasteiger partial charge >= 0.3 is 12.4 Å². The summed E-state index contributed by atoms with van der Waals surface area (Å²) in [6.45, 7) is -0.0711. The fourth-order valence-corrected chi connectivity index (χ4v) is 2.73. The van der Waals surface area contributed by atoms with Crippen LogP contribution in [0.3, 0.4) is 0 Å². The predicted molar refractivity (Wildman–Crippen MR) is 101 cm³/mol. The summed E-state index contributed by atoms with van der Waals surface area (Å²) in [5.41, 5.74) is -1.59. The molecule has 3 rings (SSSR count). The average molecular weight is 440 g/mol. The van der Waals surface area contributed by atoms with Crippen LogP contribution in [0.4, 0.5) is 32.0 Å². The lowest BCUT2D eigenvalue weighted by Crippen LogP contribution is -2.22. The van der Waals surface area contributed by atoms with Gasteiger partial charge in [-0.25, -0.2) is 0 Å². The number of hydrogen-bond donors (Lipinski definition) is 1. The van der Waals surface area contributed by atoms with Gasteiger partial charge in [-0.15, -0.1) is 0 Å². The molecule has 3 aromatic rings. The van der Waals surface area contributed by atoms with Crippen molar-refractivity contribution in [3.8, 4) is 0 Å². The second kappa shape index (κ2) is 8.29. The molecule has 2 aromatic carbocycles. The molecule has 1 heterocycles. The number of nitrogens with zero attached hydrogens (tertiary/aromatic N) is 1. The molecule has 0 spiro atoms. The van der Waals surface area contributed by atoms with E-state index in [1.807, 2.05) is 0 Å². The summed E-state index contributed by atoms with van der Waals surface area (Å²) >= 11 is 0. The van der Waals surface area contributed by atoms with Gasteiger partial charge in [-0.2, -0.15) is 26.3 Å². The molecule has 10 heteroatoms. The molecule has 0 unspecified atom stereocenters. The highest BCUT2D eigenvalue weighted by Crippen LogP contribution is 2.30. The standard InChI is InChI=1S/C21H14F6N2O2/c22-20(23,24)15-4-1-13(2-5-15)11-29-12-14(3-10-18(29)30)19(31)28-17-8-6-16(7-9-17)21(25,26)27/h1-10,12H,11H2,(H,28,31). The minimum absolute atomic E-state index is 0.0476. The van der Waals surface area contributed by atoms with Crippen LogP contribution in [-0.2, 0) is 18.9 Å². The van der Waals surface area contributed by atoms with Crippen molar-refractivity contribution in [1.82, 2.24) is 4.57 Å². The predicted octanol–water partition coefficient (Wildman–Crippen LogP) is 5.19. The minimum atomic E-state index is -4.50. The summed E-state index contributed by atoms with van der Waals surface area (Å²) in [5, 5.41) is 2.42. The number of nitrogens with one attached hydrogen (secondary N) is 1. The monoisotopic (exact) mass is 440 g/mol. The van der Waals surface area contributed by atoms with Crippen LogP contribution in [0.1, 0.15) is 27.0 Å².